The predicted molar refractivity (Wildman–Crippen MR) is 79.6 cm³/mol. The normalized spacial score (nSPS) is 11.8. The van der Waals surface area contributed by atoms with Crippen molar-refractivity contribution in [2.24, 2.45) is 0 Å². The van der Waals surface area contributed by atoms with Gasteiger partial charge in [0.2, 0.25) is 0 Å². The molecule has 20 heavy (non-hydrogen) atoms. The lowest BCUT2D eigenvalue weighted by Crippen LogP contribution is -2.08. The molecule has 0 aromatic heterocycles. The summed E-state index contributed by atoms with van der Waals surface area (Å²) in [6.45, 7) is 2.57. The van der Waals surface area contributed by atoms with Crippen molar-refractivity contribution in [1.82, 2.24) is 0 Å². The number of hydrogen-bond donors (Lipinski definition) is 0. The molecule has 0 fully saturated rings. The Bertz CT molecular complexity index is 644. The molecule has 2 heteroatoms. The van der Waals surface area contributed by atoms with Gasteiger partial charge in [-0.2, -0.15) is 0 Å². The summed E-state index contributed by atoms with van der Waals surface area (Å²) >= 11 is 0. The van der Waals surface area contributed by atoms with Gasteiger partial charge in [0.05, 0.1) is 12.2 Å². The molecule has 1 aliphatic carbocycles. The van der Waals surface area contributed by atoms with Gasteiger partial charge in [-0.25, -0.2) is 4.79 Å². The average Bonchev–Trinajstić information content (AvgIpc) is 2.85. The number of benzene rings is 2. The van der Waals surface area contributed by atoms with Gasteiger partial charge >= 0.3 is 5.97 Å². The fourth-order valence-corrected chi connectivity index (χ4v) is 2.57. The second-order valence-electron chi connectivity index (χ2n) is 4.99. The van der Waals surface area contributed by atoms with Gasteiger partial charge in [0.15, 0.2) is 0 Å². The Labute approximate surface area is 119 Å². The van der Waals surface area contributed by atoms with E-state index >= 15 is 0 Å². The predicted octanol–water partition coefficient (Wildman–Crippen LogP) is 4.22. The number of carbonyl (C=O) groups excluding carboxylic acids is 1. The molecule has 0 N–H and O–H groups in total. The third-order valence-corrected chi connectivity index (χ3v) is 3.59. The number of rotatable bonds is 4. The summed E-state index contributed by atoms with van der Waals surface area (Å²) in [6.07, 6.45) is 4.05. The van der Waals surface area contributed by atoms with E-state index in [1.165, 1.54) is 0 Å². The number of hydrogen-bond acceptors (Lipinski definition) is 2. The van der Waals surface area contributed by atoms with Gasteiger partial charge in [-0.3, -0.25) is 0 Å². The van der Waals surface area contributed by atoms with E-state index in [4.69, 9.17) is 4.74 Å². The molecule has 0 unspecified atom stereocenters. The minimum Gasteiger partial charge on any atom is -0.462 e. The van der Waals surface area contributed by atoms with Crippen LogP contribution in [-0.4, -0.2) is 12.6 Å². The smallest absolute Gasteiger partial charge is 0.338 e. The molecule has 2 nitrogen and oxygen atoms in total. The van der Waals surface area contributed by atoms with E-state index in [-0.39, 0.29) is 5.97 Å². The highest BCUT2D eigenvalue weighted by Gasteiger charge is 2.24. The third-order valence-electron chi connectivity index (χ3n) is 3.59. The van der Waals surface area contributed by atoms with Crippen LogP contribution in [0.4, 0.5) is 0 Å². The molecule has 0 aliphatic heterocycles. The first-order valence-electron chi connectivity index (χ1n) is 7.05. The zero-order valence-corrected chi connectivity index (χ0v) is 11.6. The Balaban J connectivity index is 1.96. The molecule has 1 radical (unpaired) electrons. The molecule has 0 atom stereocenters. The van der Waals surface area contributed by atoms with Crippen LogP contribution in [0, 0.1) is 6.42 Å². The summed E-state index contributed by atoms with van der Waals surface area (Å²) in [7, 11) is 0. The molecular weight excluding hydrogens is 248 g/mol. The van der Waals surface area contributed by atoms with Crippen molar-refractivity contribution in [2.45, 2.75) is 19.8 Å². The van der Waals surface area contributed by atoms with E-state index in [0.29, 0.717) is 12.2 Å². The Morgan fingerprint density at radius 1 is 1.05 bits per heavy atom. The van der Waals surface area contributed by atoms with Gasteiger partial charge in [-0.05, 0) is 29.2 Å². The van der Waals surface area contributed by atoms with E-state index in [9.17, 15) is 4.79 Å². The molecule has 0 amide bonds. The first-order chi connectivity index (χ1) is 9.81. The van der Waals surface area contributed by atoms with Crippen LogP contribution in [0.25, 0.3) is 11.1 Å². The molecule has 0 spiro atoms. The standard InChI is InChI=1S/C18H17O2/c1-2-3-11-20-18(19)16-10-6-8-14-12-13-7-4-5-9-15(13)17(14)16/h4-10,12H,2-3,11H2,1H3. The number of carbonyl (C=O) groups is 1. The van der Waals surface area contributed by atoms with Gasteiger partial charge in [0, 0.05) is 12.0 Å². The number of ether oxygens (including phenoxy) is 1. The molecule has 0 heterocycles. The Kier molecular flexibility index (Phi) is 3.55. The molecule has 101 valence electrons. The molecule has 0 saturated heterocycles. The topological polar surface area (TPSA) is 26.3 Å². The van der Waals surface area contributed by atoms with Gasteiger partial charge < -0.3 is 4.74 Å². The summed E-state index contributed by atoms with van der Waals surface area (Å²) in [5.41, 5.74) is 5.04. The summed E-state index contributed by atoms with van der Waals surface area (Å²) in [5.74, 6) is -0.222. The summed E-state index contributed by atoms with van der Waals surface area (Å²) in [6, 6.07) is 13.9. The summed E-state index contributed by atoms with van der Waals surface area (Å²) in [5, 5.41) is 0. The second-order valence-corrected chi connectivity index (χ2v) is 4.99. The van der Waals surface area contributed by atoms with Crippen molar-refractivity contribution in [1.29, 1.82) is 0 Å². The molecule has 1 aliphatic rings. The maximum absolute atomic E-state index is 12.3. The highest BCUT2D eigenvalue weighted by Crippen LogP contribution is 2.40. The van der Waals surface area contributed by atoms with Gasteiger partial charge in [0.1, 0.15) is 0 Å². The van der Waals surface area contributed by atoms with Crippen LogP contribution in [0.15, 0.2) is 42.5 Å². The molecule has 2 aromatic carbocycles. The van der Waals surface area contributed by atoms with E-state index in [1.54, 1.807) is 0 Å². The lowest BCUT2D eigenvalue weighted by Gasteiger charge is -2.09. The Morgan fingerprint density at radius 2 is 1.85 bits per heavy atom. The van der Waals surface area contributed by atoms with Crippen LogP contribution in [0.1, 0.15) is 41.3 Å². The van der Waals surface area contributed by atoms with Crippen LogP contribution in [0.2, 0.25) is 0 Å². The van der Waals surface area contributed by atoms with Crippen molar-refractivity contribution >= 4 is 5.97 Å². The number of unbranched alkanes of at least 4 members (excludes halogenated alkanes) is 1. The first-order valence-corrected chi connectivity index (χ1v) is 7.05. The first kappa shape index (κ1) is 12.9. The summed E-state index contributed by atoms with van der Waals surface area (Å²) in [4.78, 5) is 12.3. The SMILES string of the molecule is CCCCOC(=O)c1cccc2c1-c1ccccc1[CH]2. The van der Waals surface area contributed by atoms with E-state index in [0.717, 1.165) is 35.1 Å². The largest absolute Gasteiger partial charge is 0.462 e. The maximum Gasteiger partial charge on any atom is 0.338 e. The molecular formula is C18H17O2. The minimum absolute atomic E-state index is 0.222. The minimum atomic E-state index is -0.222. The van der Waals surface area contributed by atoms with Crippen LogP contribution in [-0.2, 0) is 4.74 Å². The quantitative estimate of drug-likeness (QED) is 0.521. The van der Waals surface area contributed by atoms with E-state index < -0.39 is 0 Å². The zero-order chi connectivity index (χ0) is 13.9. The third kappa shape index (κ3) is 2.22. The Hall–Kier alpha value is -2.09. The molecule has 0 bridgehead atoms. The fourth-order valence-electron chi connectivity index (χ4n) is 2.57. The van der Waals surface area contributed by atoms with Crippen LogP contribution < -0.4 is 0 Å². The number of esters is 1. The molecule has 3 rings (SSSR count). The van der Waals surface area contributed by atoms with Crippen molar-refractivity contribution < 1.29 is 9.53 Å². The fraction of sp³-hybridized carbons (Fsp3) is 0.222. The van der Waals surface area contributed by atoms with Gasteiger partial charge in [0.25, 0.3) is 0 Å². The van der Waals surface area contributed by atoms with Crippen LogP contribution in [0.3, 0.4) is 0 Å². The highest BCUT2D eigenvalue weighted by atomic mass is 16.5. The second kappa shape index (κ2) is 5.49. The zero-order valence-electron chi connectivity index (χ0n) is 11.6. The van der Waals surface area contributed by atoms with Crippen molar-refractivity contribution in [3.63, 3.8) is 0 Å². The van der Waals surface area contributed by atoms with Crippen LogP contribution in [0.5, 0.6) is 0 Å². The van der Waals surface area contributed by atoms with E-state index in [1.807, 2.05) is 30.3 Å². The Morgan fingerprint density at radius 3 is 2.70 bits per heavy atom. The maximum atomic E-state index is 12.3. The van der Waals surface area contributed by atoms with E-state index in [2.05, 4.69) is 25.5 Å². The van der Waals surface area contributed by atoms with Crippen molar-refractivity contribution in [3.05, 3.63) is 65.6 Å². The molecule has 2 aromatic rings. The lowest BCUT2D eigenvalue weighted by atomic mass is 10.00. The monoisotopic (exact) mass is 265 g/mol. The van der Waals surface area contributed by atoms with Gasteiger partial charge in [-0.15, -0.1) is 0 Å². The summed E-state index contributed by atoms with van der Waals surface area (Å²) < 4.78 is 5.36. The molecule has 0 saturated carbocycles. The van der Waals surface area contributed by atoms with Gasteiger partial charge in [-0.1, -0.05) is 49.7 Å². The average molecular weight is 265 g/mol. The van der Waals surface area contributed by atoms with Crippen LogP contribution >= 0.6 is 0 Å². The lowest BCUT2D eigenvalue weighted by molar-refractivity contribution is 0.0500. The van der Waals surface area contributed by atoms with Crippen molar-refractivity contribution in [3.8, 4) is 11.1 Å². The highest BCUT2D eigenvalue weighted by molar-refractivity contribution is 6.01. The number of fused-ring (bicyclic) bond motifs is 3. The van der Waals surface area contributed by atoms with Crippen molar-refractivity contribution in [2.75, 3.05) is 6.61 Å².